The van der Waals surface area contributed by atoms with Crippen LogP contribution in [-0.4, -0.2) is 45.1 Å². The first kappa shape index (κ1) is 21.3. The molecule has 7 nitrogen and oxygen atoms in total. The summed E-state index contributed by atoms with van der Waals surface area (Å²) in [5, 5.41) is 7.93. The standard InChI is InChI=1S/C25H28FN7/c1-15-13-33(14-16(2)30-15)22-6-4-5-18(32-22)11-29-21-8-10-28-25-24(21)23(17(3)31-25)19-7-9-27-12-20(19)26/h4-10,12,15-16,30H,11,13-14H2,1-3H3,(H2,28,29,31)/t15-,16+. The van der Waals surface area contributed by atoms with Crippen molar-refractivity contribution in [1.82, 2.24) is 25.3 Å². The van der Waals surface area contributed by atoms with Crippen molar-refractivity contribution in [2.75, 3.05) is 23.3 Å². The summed E-state index contributed by atoms with van der Waals surface area (Å²) in [5.41, 5.74) is 4.71. The number of anilines is 2. The number of H-pyrrole nitrogens is 1. The fourth-order valence-electron chi connectivity index (χ4n) is 4.74. The lowest BCUT2D eigenvalue weighted by Crippen LogP contribution is -2.54. The number of nitrogens with zero attached hydrogens (tertiary/aromatic N) is 4. The molecule has 1 aliphatic rings. The van der Waals surface area contributed by atoms with Gasteiger partial charge in [-0.15, -0.1) is 0 Å². The molecule has 1 saturated heterocycles. The predicted molar refractivity (Wildman–Crippen MR) is 130 cm³/mol. The zero-order chi connectivity index (χ0) is 22.9. The van der Waals surface area contributed by atoms with Crippen LogP contribution < -0.4 is 15.5 Å². The fraction of sp³-hybridized carbons (Fsp3) is 0.320. The van der Waals surface area contributed by atoms with Crippen molar-refractivity contribution in [2.24, 2.45) is 0 Å². The highest BCUT2D eigenvalue weighted by atomic mass is 19.1. The maximum atomic E-state index is 14.6. The van der Waals surface area contributed by atoms with E-state index < -0.39 is 0 Å². The number of rotatable bonds is 5. The summed E-state index contributed by atoms with van der Waals surface area (Å²) in [4.78, 5) is 18.9. The van der Waals surface area contributed by atoms with Crippen LogP contribution in [0.1, 0.15) is 25.2 Å². The van der Waals surface area contributed by atoms with Gasteiger partial charge in [0.05, 0.1) is 23.8 Å². The summed E-state index contributed by atoms with van der Waals surface area (Å²) in [6.45, 7) is 8.74. The Kier molecular flexibility index (Phi) is 5.68. The number of nitrogens with one attached hydrogen (secondary N) is 3. The summed E-state index contributed by atoms with van der Waals surface area (Å²) >= 11 is 0. The lowest BCUT2D eigenvalue weighted by atomic mass is 10.0. The summed E-state index contributed by atoms with van der Waals surface area (Å²) in [6.07, 6.45) is 4.60. The highest BCUT2D eigenvalue weighted by Crippen LogP contribution is 2.37. The summed E-state index contributed by atoms with van der Waals surface area (Å²) in [6, 6.07) is 10.6. The Morgan fingerprint density at radius 1 is 1.12 bits per heavy atom. The molecule has 0 aromatic carbocycles. The second-order valence-corrected chi connectivity index (χ2v) is 8.78. The van der Waals surface area contributed by atoms with Gasteiger partial charge in [0.15, 0.2) is 0 Å². The summed E-state index contributed by atoms with van der Waals surface area (Å²) < 4.78 is 14.6. The molecule has 0 radical (unpaired) electrons. The molecule has 5 heterocycles. The molecule has 4 aromatic rings. The minimum Gasteiger partial charge on any atom is -0.379 e. The molecular weight excluding hydrogens is 417 g/mol. The van der Waals surface area contributed by atoms with Crippen LogP contribution >= 0.6 is 0 Å². The Balaban J connectivity index is 1.44. The Labute approximate surface area is 192 Å². The largest absolute Gasteiger partial charge is 0.379 e. The van der Waals surface area contributed by atoms with E-state index in [2.05, 4.69) is 56.5 Å². The average molecular weight is 446 g/mol. The number of halogens is 1. The van der Waals surface area contributed by atoms with Gasteiger partial charge in [-0.2, -0.15) is 0 Å². The van der Waals surface area contributed by atoms with Crippen molar-refractivity contribution in [1.29, 1.82) is 0 Å². The van der Waals surface area contributed by atoms with Crippen molar-refractivity contribution in [3.8, 4) is 11.1 Å². The number of fused-ring (bicyclic) bond motifs is 1. The summed E-state index contributed by atoms with van der Waals surface area (Å²) in [5.74, 6) is 0.636. The maximum absolute atomic E-state index is 14.6. The zero-order valence-electron chi connectivity index (χ0n) is 19.1. The van der Waals surface area contributed by atoms with Crippen molar-refractivity contribution in [2.45, 2.75) is 39.4 Å². The van der Waals surface area contributed by atoms with Gasteiger partial charge in [0.1, 0.15) is 17.3 Å². The van der Waals surface area contributed by atoms with Gasteiger partial charge in [-0.05, 0) is 45.0 Å². The van der Waals surface area contributed by atoms with Gasteiger partial charge in [-0.1, -0.05) is 6.07 Å². The minimum atomic E-state index is -0.356. The first-order valence-electron chi connectivity index (χ1n) is 11.3. The lowest BCUT2D eigenvalue weighted by molar-refractivity contribution is 0.405. The highest BCUT2D eigenvalue weighted by molar-refractivity contribution is 6.03. The van der Waals surface area contributed by atoms with Crippen LogP contribution in [0.3, 0.4) is 0 Å². The molecule has 3 N–H and O–H groups in total. The second-order valence-electron chi connectivity index (χ2n) is 8.78. The molecule has 1 aliphatic heterocycles. The van der Waals surface area contributed by atoms with Crippen LogP contribution in [0.15, 0.2) is 48.9 Å². The Hall–Kier alpha value is -3.52. The predicted octanol–water partition coefficient (Wildman–Crippen LogP) is 4.27. The molecule has 33 heavy (non-hydrogen) atoms. The zero-order valence-corrected chi connectivity index (χ0v) is 19.1. The van der Waals surface area contributed by atoms with E-state index >= 15 is 0 Å². The van der Waals surface area contributed by atoms with Gasteiger partial charge >= 0.3 is 0 Å². The third-order valence-corrected chi connectivity index (χ3v) is 6.06. The molecule has 5 rings (SSSR count). The van der Waals surface area contributed by atoms with E-state index in [1.165, 1.54) is 6.20 Å². The number of aryl methyl sites for hydroxylation is 1. The SMILES string of the molecule is Cc1[nH]c2nccc(NCc3cccc(N4C[C@@H](C)N[C@@H](C)C4)n3)c2c1-c1ccncc1F. The Morgan fingerprint density at radius 3 is 2.73 bits per heavy atom. The minimum absolute atomic E-state index is 0.356. The molecule has 0 spiro atoms. The molecule has 0 unspecified atom stereocenters. The van der Waals surface area contributed by atoms with Crippen LogP contribution in [0.4, 0.5) is 15.9 Å². The molecule has 170 valence electrons. The van der Waals surface area contributed by atoms with Crippen molar-refractivity contribution < 1.29 is 4.39 Å². The molecule has 0 bridgehead atoms. The molecule has 1 fully saturated rings. The monoisotopic (exact) mass is 445 g/mol. The van der Waals surface area contributed by atoms with Crippen LogP contribution in [0.5, 0.6) is 0 Å². The third-order valence-electron chi connectivity index (χ3n) is 6.06. The number of aromatic amines is 1. The van der Waals surface area contributed by atoms with Gasteiger partial charge < -0.3 is 20.5 Å². The van der Waals surface area contributed by atoms with E-state index in [-0.39, 0.29) is 5.82 Å². The number of hydrogen-bond donors (Lipinski definition) is 3. The Morgan fingerprint density at radius 2 is 1.94 bits per heavy atom. The van der Waals surface area contributed by atoms with Crippen molar-refractivity contribution in [3.63, 3.8) is 0 Å². The molecule has 0 amide bonds. The molecule has 0 saturated carbocycles. The first-order valence-corrected chi connectivity index (χ1v) is 11.3. The quantitative estimate of drug-likeness (QED) is 0.426. The van der Waals surface area contributed by atoms with Crippen molar-refractivity contribution in [3.05, 3.63) is 66.1 Å². The van der Waals surface area contributed by atoms with Gasteiger partial charge in [-0.3, -0.25) is 4.98 Å². The van der Waals surface area contributed by atoms with E-state index in [0.29, 0.717) is 29.8 Å². The average Bonchev–Trinajstić information content (AvgIpc) is 3.14. The number of hydrogen-bond acceptors (Lipinski definition) is 6. The van der Waals surface area contributed by atoms with Crippen LogP contribution in [0.2, 0.25) is 0 Å². The van der Waals surface area contributed by atoms with Crippen LogP contribution in [-0.2, 0) is 6.54 Å². The first-order chi connectivity index (χ1) is 16.0. The highest BCUT2D eigenvalue weighted by Gasteiger charge is 2.22. The normalized spacial score (nSPS) is 18.6. The molecule has 4 aromatic heterocycles. The third kappa shape index (κ3) is 4.26. The van der Waals surface area contributed by atoms with E-state index in [1.807, 2.05) is 19.1 Å². The number of pyridine rings is 3. The van der Waals surface area contributed by atoms with E-state index in [4.69, 9.17) is 4.98 Å². The molecule has 0 aliphatic carbocycles. The van der Waals surface area contributed by atoms with Gasteiger partial charge in [0.2, 0.25) is 0 Å². The van der Waals surface area contributed by atoms with E-state index in [9.17, 15) is 4.39 Å². The number of aromatic nitrogens is 4. The van der Waals surface area contributed by atoms with Gasteiger partial charge in [0, 0.05) is 60.1 Å². The van der Waals surface area contributed by atoms with Crippen molar-refractivity contribution >= 4 is 22.5 Å². The van der Waals surface area contributed by atoms with E-state index in [0.717, 1.165) is 46.9 Å². The Bertz CT molecular complexity index is 1270. The molecular formula is C25H28FN7. The van der Waals surface area contributed by atoms with Gasteiger partial charge in [-0.25, -0.2) is 14.4 Å². The summed E-state index contributed by atoms with van der Waals surface area (Å²) in [7, 11) is 0. The van der Waals surface area contributed by atoms with Crippen LogP contribution in [0.25, 0.3) is 22.2 Å². The second kappa shape index (κ2) is 8.78. The molecule has 8 heteroatoms. The van der Waals surface area contributed by atoms with Gasteiger partial charge in [0.25, 0.3) is 0 Å². The maximum Gasteiger partial charge on any atom is 0.149 e. The van der Waals surface area contributed by atoms with Crippen LogP contribution in [0, 0.1) is 12.7 Å². The molecule has 2 atom stereocenters. The fourth-order valence-corrected chi connectivity index (χ4v) is 4.74. The van der Waals surface area contributed by atoms with E-state index in [1.54, 1.807) is 18.5 Å². The smallest absolute Gasteiger partial charge is 0.149 e. The topological polar surface area (TPSA) is 81.8 Å². The number of piperazine rings is 1. The lowest BCUT2D eigenvalue weighted by Gasteiger charge is -2.37.